The third kappa shape index (κ3) is 1.82. The van der Waals surface area contributed by atoms with Crippen LogP contribution in [0.25, 0.3) is 10.2 Å². The Kier molecular flexibility index (Phi) is 2.67. The summed E-state index contributed by atoms with van der Waals surface area (Å²) in [6.45, 7) is 0.809. The van der Waals surface area contributed by atoms with E-state index < -0.39 is 0 Å². The van der Waals surface area contributed by atoms with Crippen LogP contribution in [-0.2, 0) is 6.54 Å². The van der Waals surface area contributed by atoms with Crippen molar-refractivity contribution in [3.05, 3.63) is 26.6 Å². The van der Waals surface area contributed by atoms with Crippen molar-refractivity contribution in [2.45, 2.75) is 32.2 Å². The van der Waals surface area contributed by atoms with Crippen molar-refractivity contribution < 1.29 is 0 Å². The number of hydrogen-bond donors (Lipinski definition) is 1. The molecule has 3 atom stereocenters. The number of fused-ring (bicyclic) bond motifs is 3. The van der Waals surface area contributed by atoms with Crippen molar-refractivity contribution in [3.63, 3.8) is 0 Å². The molecule has 2 fully saturated rings. The van der Waals surface area contributed by atoms with Gasteiger partial charge >= 0.3 is 0 Å². The van der Waals surface area contributed by atoms with Gasteiger partial charge in [0.15, 0.2) is 4.77 Å². The average molecular weight is 292 g/mol. The highest BCUT2D eigenvalue weighted by Crippen LogP contribution is 2.48. The van der Waals surface area contributed by atoms with Crippen LogP contribution in [0.1, 0.15) is 25.7 Å². The van der Waals surface area contributed by atoms with Gasteiger partial charge in [-0.15, -0.1) is 11.3 Å². The summed E-state index contributed by atoms with van der Waals surface area (Å²) in [5.74, 6) is 2.39. The first-order chi connectivity index (χ1) is 9.22. The molecule has 0 aromatic carbocycles. The molecule has 3 unspecified atom stereocenters. The van der Waals surface area contributed by atoms with Gasteiger partial charge in [-0.25, -0.2) is 0 Å². The Balaban J connectivity index is 1.75. The van der Waals surface area contributed by atoms with Crippen LogP contribution in [0.2, 0.25) is 0 Å². The molecule has 2 bridgehead atoms. The minimum absolute atomic E-state index is 0.0940. The van der Waals surface area contributed by atoms with Gasteiger partial charge < -0.3 is 4.98 Å². The fourth-order valence-electron chi connectivity index (χ4n) is 3.97. The van der Waals surface area contributed by atoms with Crippen LogP contribution in [0.15, 0.2) is 16.2 Å². The summed E-state index contributed by atoms with van der Waals surface area (Å²) in [6, 6.07) is 1.93. The fourth-order valence-corrected chi connectivity index (χ4v) is 5.04. The van der Waals surface area contributed by atoms with E-state index >= 15 is 0 Å². The molecule has 3 nitrogen and oxygen atoms in total. The van der Waals surface area contributed by atoms with Crippen LogP contribution in [0.3, 0.4) is 0 Å². The normalized spacial score (nSPS) is 29.4. The summed E-state index contributed by atoms with van der Waals surface area (Å²) in [7, 11) is 0. The SMILES string of the molecule is O=c1c2sccc2[nH]c(=S)n1CC1CC2CCC1C2. The van der Waals surface area contributed by atoms with E-state index in [4.69, 9.17) is 12.2 Å². The highest BCUT2D eigenvalue weighted by molar-refractivity contribution is 7.71. The minimum atomic E-state index is 0.0940. The second-order valence-electron chi connectivity index (χ2n) is 5.94. The Morgan fingerprint density at radius 1 is 1.42 bits per heavy atom. The molecule has 0 aliphatic heterocycles. The molecule has 4 rings (SSSR count). The van der Waals surface area contributed by atoms with Gasteiger partial charge in [0.25, 0.3) is 5.56 Å². The van der Waals surface area contributed by atoms with Crippen molar-refractivity contribution in [3.8, 4) is 0 Å². The Morgan fingerprint density at radius 2 is 2.32 bits per heavy atom. The molecule has 2 heterocycles. The molecule has 2 aliphatic rings. The monoisotopic (exact) mass is 292 g/mol. The zero-order valence-corrected chi connectivity index (χ0v) is 12.2. The number of aromatic amines is 1. The zero-order chi connectivity index (χ0) is 13.0. The molecule has 2 aliphatic carbocycles. The third-order valence-electron chi connectivity index (χ3n) is 4.89. The highest BCUT2D eigenvalue weighted by atomic mass is 32.1. The van der Waals surface area contributed by atoms with E-state index in [1.165, 1.54) is 37.0 Å². The van der Waals surface area contributed by atoms with Gasteiger partial charge in [-0.1, -0.05) is 6.42 Å². The van der Waals surface area contributed by atoms with Crippen molar-refractivity contribution >= 4 is 33.8 Å². The van der Waals surface area contributed by atoms with Gasteiger partial charge in [0, 0.05) is 6.54 Å². The molecule has 2 saturated carbocycles. The van der Waals surface area contributed by atoms with E-state index in [0.717, 1.165) is 28.6 Å². The number of nitrogens with zero attached hydrogens (tertiary/aromatic N) is 1. The molecule has 0 spiro atoms. The second-order valence-corrected chi connectivity index (χ2v) is 7.25. The number of thiophene rings is 1. The summed E-state index contributed by atoms with van der Waals surface area (Å²) in [6.07, 6.45) is 5.40. The topological polar surface area (TPSA) is 37.8 Å². The van der Waals surface area contributed by atoms with Gasteiger partial charge in [-0.05, 0) is 60.7 Å². The third-order valence-corrected chi connectivity index (χ3v) is 6.12. The molecule has 0 radical (unpaired) electrons. The maximum Gasteiger partial charge on any atom is 0.272 e. The Morgan fingerprint density at radius 3 is 3.05 bits per heavy atom. The number of hydrogen-bond acceptors (Lipinski definition) is 3. The first-order valence-corrected chi connectivity index (χ1v) is 8.21. The van der Waals surface area contributed by atoms with E-state index in [1.807, 2.05) is 11.4 Å². The summed E-state index contributed by atoms with van der Waals surface area (Å²) in [5.41, 5.74) is 0.973. The highest BCUT2D eigenvalue weighted by Gasteiger charge is 2.39. The van der Waals surface area contributed by atoms with Crippen LogP contribution in [0, 0.1) is 22.5 Å². The molecule has 0 saturated heterocycles. The lowest BCUT2D eigenvalue weighted by atomic mass is 9.89. The molecule has 100 valence electrons. The van der Waals surface area contributed by atoms with Gasteiger partial charge in [0.05, 0.1) is 5.52 Å². The largest absolute Gasteiger partial charge is 0.331 e. The number of aromatic nitrogens is 2. The summed E-state index contributed by atoms with van der Waals surface area (Å²) in [5, 5.41) is 1.94. The minimum Gasteiger partial charge on any atom is -0.331 e. The van der Waals surface area contributed by atoms with Crippen molar-refractivity contribution in [2.75, 3.05) is 0 Å². The molecule has 2 aromatic rings. The van der Waals surface area contributed by atoms with Crippen molar-refractivity contribution in [1.82, 2.24) is 9.55 Å². The van der Waals surface area contributed by atoms with Crippen molar-refractivity contribution in [2.24, 2.45) is 17.8 Å². The molecule has 0 amide bonds. The van der Waals surface area contributed by atoms with Crippen molar-refractivity contribution in [1.29, 1.82) is 0 Å². The summed E-state index contributed by atoms with van der Waals surface area (Å²) in [4.78, 5) is 15.7. The predicted molar refractivity (Wildman–Crippen MR) is 80.2 cm³/mol. The number of rotatable bonds is 2. The molecule has 1 N–H and O–H groups in total. The maximum absolute atomic E-state index is 12.5. The lowest BCUT2D eigenvalue weighted by Crippen LogP contribution is -2.27. The molecule has 2 aromatic heterocycles. The fraction of sp³-hybridized carbons (Fsp3) is 0.571. The van der Waals surface area contributed by atoms with Crippen LogP contribution >= 0.6 is 23.6 Å². The summed E-state index contributed by atoms with van der Waals surface area (Å²) < 4.78 is 3.18. The predicted octanol–water partition coefficient (Wildman–Crippen LogP) is 3.56. The lowest BCUT2D eigenvalue weighted by Gasteiger charge is -2.22. The van der Waals surface area contributed by atoms with E-state index in [1.54, 1.807) is 4.57 Å². The lowest BCUT2D eigenvalue weighted by molar-refractivity contribution is 0.291. The van der Waals surface area contributed by atoms with Crippen LogP contribution in [-0.4, -0.2) is 9.55 Å². The maximum atomic E-state index is 12.5. The Bertz CT molecular complexity index is 742. The second kappa shape index (κ2) is 4.28. The molecular formula is C14H16N2OS2. The molecule has 5 heteroatoms. The smallest absolute Gasteiger partial charge is 0.272 e. The van der Waals surface area contributed by atoms with Gasteiger partial charge in [-0.2, -0.15) is 0 Å². The Labute approximate surface area is 120 Å². The first-order valence-electron chi connectivity index (χ1n) is 6.92. The van der Waals surface area contributed by atoms with Crippen LogP contribution < -0.4 is 5.56 Å². The Hall–Kier alpha value is -0.940. The first kappa shape index (κ1) is 11.9. The van der Waals surface area contributed by atoms with Gasteiger partial charge in [0.1, 0.15) is 4.70 Å². The quantitative estimate of drug-likeness (QED) is 0.859. The summed E-state index contributed by atoms with van der Waals surface area (Å²) >= 11 is 6.86. The average Bonchev–Trinajstić information content (AvgIpc) is 3.09. The molecular weight excluding hydrogens is 276 g/mol. The standard InChI is InChI=1S/C14H16N2OS2/c17-13-12-11(3-4-19-12)15-14(18)16(13)7-10-6-8-1-2-9(10)5-8/h3-4,8-10H,1-2,5-7H2,(H,15,18). The van der Waals surface area contributed by atoms with E-state index in [0.29, 0.717) is 10.7 Å². The number of nitrogens with one attached hydrogen (secondary N) is 1. The van der Waals surface area contributed by atoms with Gasteiger partial charge in [-0.3, -0.25) is 9.36 Å². The van der Waals surface area contributed by atoms with Crippen LogP contribution in [0.4, 0.5) is 0 Å². The van der Waals surface area contributed by atoms with E-state index in [2.05, 4.69) is 4.98 Å². The van der Waals surface area contributed by atoms with Gasteiger partial charge in [0.2, 0.25) is 0 Å². The van der Waals surface area contributed by atoms with Crippen LogP contribution in [0.5, 0.6) is 0 Å². The zero-order valence-electron chi connectivity index (χ0n) is 10.6. The van der Waals surface area contributed by atoms with E-state index in [-0.39, 0.29) is 5.56 Å². The number of H-pyrrole nitrogens is 1. The molecule has 19 heavy (non-hydrogen) atoms. The van der Waals surface area contributed by atoms with E-state index in [9.17, 15) is 4.79 Å².